The maximum Gasteiger partial charge on any atom is 0.343 e. The molecule has 1 aliphatic heterocycles. The second kappa shape index (κ2) is 4.74. The van der Waals surface area contributed by atoms with E-state index in [1.807, 2.05) is 36.4 Å². The Morgan fingerprint density at radius 3 is 2.15 bits per heavy atom. The number of hydrogen-bond donors (Lipinski definition) is 1. The summed E-state index contributed by atoms with van der Waals surface area (Å²) in [6.45, 7) is 0. The van der Waals surface area contributed by atoms with Gasteiger partial charge in [-0.05, 0) is 11.1 Å². The average molecular weight is 264 g/mol. The van der Waals surface area contributed by atoms with Crippen LogP contribution in [0, 0.1) is 0 Å². The highest BCUT2D eigenvalue weighted by atomic mass is 16.4. The van der Waals surface area contributed by atoms with Gasteiger partial charge in [-0.25, -0.2) is 4.79 Å². The quantitative estimate of drug-likeness (QED) is 0.922. The zero-order valence-electron chi connectivity index (χ0n) is 10.6. The molecule has 1 unspecified atom stereocenters. The minimum atomic E-state index is -1.46. The first-order valence-electron chi connectivity index (χ1n) is 6.22. The van der Waals surface area contributed by atoms with E-state index in [0.717, 1.165) is 5.56 Å². The summed E-state index contributed by atoms with van der Waals surface area (Å²) in [7, 11) is 0. The van der Waals surface area contributed by atoms with Crippen molar-refractivity contribution in [1.29, 1.82) is 0 Å². The third kappa shape index (κ3) is 1.73. The Morgan fingerprint density at radius 2 is 1.55 bits per heavy atom. The maximum absolute atomic E-state index is 11.9. The van der Waals surface area contributed by atoms with Crippen molar-refractivity contribution in [3.8, 4) is 0 Å². The molecule has 1 N–H and O–H groups in total. The number of benzene rings is 2. The smallest absolute Gasteiger partial charge is 0.343 e. The summed E-state index contributed by atoms with van der Waals surface area (Å²) < 4.78 is 0. The summed E-state index contributed by atoms with van der Waals surface area (Å²) in [6, 6.07) is 18.3. The predicted octanol–water partition coefficient (Wildman–Crippen LogP) is 3.47. The Bertz CT molecular complexity index is 693. The number of carboxylic acid groups (broad SMARTS) is 1. The molecule has 0 radical (unpaired) electrons. The zero-order valence-corrected chi connectivity index (χ0v) is 10.6. The molecule has 0 fully saturated rings. The van der Waals surface area contributed by atoms with E-state index in [2.05, 4.69) is 10.2 Å². The number of rotatable bonds is 3. The van der Waals surface area contributed by atoms with Gasteiger partial charge in [0, 0.05) is 5.57 Å². The van der Waals surface area contributed by atoms with Crippen LogP contribution in [0.4, 0.5) is 0 Å². The van der Waals surface area contributed by atoms with E-state index in [4.69, 9.17) is 0 Å². The molecule has 2 aromatic rings. The van der Waals surface area contributed by atoms with Crippen molar-refractivity contribution >= 4 is 11.5 Å². The fraction of sp³-hybridized carbons (Fsp3) is 0.0625. The summed E-state index contributed by atoms with van der Waals surface area (Å²) in [5, 5.41) is 17.7. The summed E-state index contributed by atoms with van der Waals surface area (Å²) >= 11 is 0. The first kappa shape index (κ1) is 12.3. The fourth-order valence-corrected chi connectivity index (χ4v) is 2.40. The van der Waals surface area contributed by atoms with Crippen LogP contribution in [-0.2, 0) is 10.3 Å². The van der Waals surface area contributed by atoms with Gasteiger partial charge < -0.3 is 5.11 Å². The lowest BCUT2D eigenvalue weighted by Crippen LogP contribution is -2.33. The largest absolute Gasteiger partial charge is 0.479 e. The Balaban J connectivity index is 2.19. The van der Waals surface area contributed by atoms with Crippen molar-refractivity contribution in [2.24, 2.45) is 10.2 Å². The third-order valence-electron chi connectivity index (χ3n) is 3.37. The first-order valence-corrected chi connectivity index (χ1v) is 6.22. The molecular weight excluding hydrogens is 252 g/mol. The minimum absolute atomic E-state index is 0.580. The number of nitrogens with zero attached hydrogens (tertiary/aromatic N) is 2. The SMILES string of the molecule is O=C(O)C1(c2ccccc2)N=NC=C1c1ccccc1. The lowest BCUT2D eigenvalue weighted by atomic mass is 9.81. The van der Waals surface area contributed by atoms with Gasteiger partial charge in [-0.1, -0.05) is 60.7 Å². The highest BCUT2D eigenvalue weighted by molar-refractivity contribution is 5.98. The molecule has 2 aromatic carbocycles. The predicted molar refractivity (Wildman–Crippen MR) is 75.0 cm³/mol. The van der Waals surface area contributed by atoms with E-state index in [1.54, 1.807) is 24.3 Å². The van der Waals surface area contributed by atoms with Crippen molar-refractivity contribution in [3.63, 3.8) is 0 Å². The molecule has 0 saturated carbocycles. The van der Waals surface area contributed by atoms with Crippen molar-refractivity contribution in [2.45, 2.75) is 5.54 Å². The molecule has 1 atom stereocenters. The molecule has 0 spiro atoms. The van der Waals surface area contributed by atoms with Gasteiger partial charge in [0.05, 0.1) is 6.20 Å². The first-order chi connectivity index (χ1) is 9.75. The van der Waals surface area contributed by atoms with E-state index in [1.165, 1.54) is 6.20 Å². The third-order valence-corrected chi connectivity index (χ3v) is 3.37. The molecule has 0 aromatic heterocycles. The number of azo groups is 1. The molecule has 4 heteroatoms. The molecule has 20 heavy (non-hydrogen) atoms. The average Bonchev–Trinajstić information content (AvgIpc) is 2.95. The van der Waals surface area contributed by atoms with Gasteiger partial charge in [-0.15, -0.1) is 0 Å². The molecule has 0 amide bonds. The monoisotopic (exact) mass is 264 g/mol. The van der Waals surface area contributed by atoms with Gasteiger partial charge in [0.1, 0.15) is 0 Å². The topological polar surface area (TPSA) is 62.0 Å². The van der Waals surface area contributed by atoms with E-state index >= 15 is 0 Å². The molecule has 1 heterocycles. The number of carbonyl (C=O) groups is 1. The van der Waals surface area contributed by atoms with Gasteiger partial charge in [-0.3, -0.25) is 0 Å². The Labute approximate surface area is 116 Å². The molecule has 4 nitrogen and oxygen atoms in total. The van der Waals surface area contributed by atoms with Crippen LogP contribution in [-0.4, -0.2) is 11.1 Å². The van der Waals surface area contributed by atoms with Crippen molar-refractivity contribution in [3.05, 3.63) is 78.0 Å². The van der Waals surface area contributed by atoms with E-state index in [9.17, 15) is 9.90 Å². The second-order valence-corrected chi connectivity index (χ2v) is 4.51. The second-order valence-electron chi connectivity index (χ2n) is 4.51. The molecule has 98 valence electrons. The van der Waals surface area contributed by atoms with Gasteiger partial charge in [0.2, 0.25) is 5.54 Å². The van der Waals surface area contributed by atoms with Crippen LogP contribution >= 0.6 is 0 Å². The molecule has 1 aliphatic rings. The van der Waals surface area contributed by atoms with Crippen molar-refractivity contribution < 1.29 is 9.90 Å². The van der Waals surface area contributed by atoms with Gasteiger partial charge in [0.25, 0.3) is 0 Å². The maximum atomic E-state index is 11.9. The van der Waals surface area contributed by atoms with Crippen LogP contribution in [0.15, 0.2) is 77.1 Å². The molecule has 0 saturated heterocycles. The van der Waals surface area contributed by atoms with Crippen LogP contribution in [0.25, 0.3) is 5.57 Å². The van der Waals surface area contributed by atoms with Crippen molar-refractivity contribution in [2.75, 3.05) is 0 Å². The standard InChI is InChI=1S/C16H12N2O2/c19-15(20)16(13-9-5-2-6-10-13)14(11-17-18-16)12-7-3-1-4-8-12/h1-11H,(H,19,20). The zero-order chi connectivity index (χ0) is 14.0. The van der Waals surface area contributed by atoms with Gasteiger partial charge >= 0.3 is 5.97 Å². The van der Waals surface area contributed by atoms with Crippen LogP contribution in [0.2, 0.25) is 0 Å². The lowest BCUT2D eigenvalue weighted by Gasteiger charge is -2.24. The summed E-state index contributed by atoms with van der Waals surface area (Å²) in [5.41, 5.74) is 0.534. The molecular formula is C16H12N2O2. The van der Waals surface area contributed by atoms with E-state index < -0.39 is 11.5 Å². The number of aliphatic carboxylic acids is 1. The molecule has 3 rings (SSSR count). The Morgan fingerprint density at radius 1 is 0.950 bits per heavy atom. The summed E-state index contributed by atoms with van der Waals surface area (Å²) in [4.78, 5) is 11.9. The fourth-order valence-electron chi connectivity index (χ4n) is 2.40. The van der Waals surface area contributed by atoms with E-state index in [-0.39, 0.29) is 0 Å². The highest BCUT2D eigenvalue weighted by Crippen LogP contribution is 2.43. The summed E-state index contributed by atoms with van der Waals surface area (Å²) in [6.07, 6.45) is 1.52. The van der Waals surface area contributed by atoms with Crippen LogP contribution in [0.1, 0.15) is 11.1 Å². The Hall–Kier alpha value is -2.75. The molecule has 0 aliphatic carbocycles. The summed E-state index contributed by atoms with van der Waals surface area (Å²) in [5.74, 6) is -1.03. The molecule has 0 bridgehead atoms. The van der Waals surface area contributed by atoms with Crippen LogP contribution in [0.3, 0.4) is 0 Å². The highest BCUT2D eigenvalue weighted by Gasteiger charge is 2.47. The number of carboxylic acids is 1. The minimum Gasteiger partial charge on any atom is -0.479 e. The van der Waals surface area contributed by atoms with Crippen LogP contribution in [0.5, 0.6) is 0 Å². The van der Waals surface area contributed by atoms with Gasteiger partial charge in [0.15, 0.2) is 0 Å². The van der Waals surface area contributed by atoms with Crippen LogP contribution < -0.4 is 0 Å². The number of hydrogen-bond acceptors (Lipinski definition) is 3. The van der Waals surface area contributed by atoms with Gasteiger partial charge in [-0.2, -0.15) is 10.2 Å². The normalized spacial score (nSPS) is 20.7. The van der Waals surface area contributed by atoms with Crippen molar-refractivity contribution in [1.82, 2.24) is 0 Å². The van der Waals surface area contributed by atoms with E-state index in [0.29, 0.717) is 11.1 Å². The lowest BCUT2D eigenvalue weighted by molar-refractivity contribution is -0.141. The Kier molecular flexibility index (Phi) is 2.91.